The number of anilines is 1. The molecular formula is C23H29BrClN3O4S. The van der Waals surface area contributed by atoms with Crippen molar-refractivity contribution < 1.29 is 18.0 Å². The number of halogens is 2. The molecule has 7 nitrogen and oxygen atoms in total. The summed E-state index contributed by atoms with van der Waals surface area (Å²) < 4.78 is 27.0. The van der Waals surface area contributed by atoms with Crippen LogP contribution in [0.1, 0.15) is 31.4 Å². The van der Waals surface area contributed by atoms with Crippen molar-refractivity contribution in [3.63, 3.8) is 0 Å². The first-order valence-electron chi connectivity index (χ1n) is 10.5. The van der Waals surface area contributed by atoms with Gasteiger partial charge in [0.2, 0.25) is 21.8 Å². The SMILES string of the molecule is CCCNC(=O)C(C)N(Cc1ccccc1Cl)C(=O)CN(c1ccc(Br)c(C)c1)S(C)(=O)=O. The Kier molecular flexibility index (Phi) is 9.75. The molecule has 33 heavy (non-hydrogen) atoms. The highest BCUT2D eigenvalue weighted by Gasteiger charge is 2.30. The van der Waals surface area contributed by atoms with Gasteiger partial charge in [-0.15, -0.1) is 0 Å². The number of amides is 2. The lowest BCUT2D eigenvalue weighted by Gasteiger charge is -2.31. The van der Waals surface area contributed by atoms with Gasteiger partial charge in [0.15, 0.2) is 0 Å². The van der Waals surface area contributed by atoms with Gasteiger partial charge in [-0.1, -0.05) is 52.7 Å². The maximum Gasteiger partial charge on any atom is 0.244 e. The van der Waals surface area contributed by atoms with Crippen LogP contribution in [0.2, 0.25) is 5.02 Å². The Morgan fingerprint density at radius 3 is 2.42 bits per heavy atom. The van der Waals surface area contributed by atoms with Crippen LogP contribution < -0.4 is 9.62 Å². The zero-order valence-electron chi connectivity index (χ0n) is 19.1. The van der Waals surface area contributed by atoms with E-state index in [0.29, 0.717) is 22.8 Å². The van der Waals surface area contributed by atoms with E-state index in [1.54, 1.807) is 49.4 Å². The molecule has 10 heteroatoms. The summed E-state index contributed by atoms with van der Waals surface area (Å²) >= 11 is 9.70. The molecule has 180 valence electrons. The van der Waals surface area contributed by atoms with Crippen LogP contribution >= 0.6 is 27.5 Å². The average Bonchev–Trinajstić information content (AvgIpc) is 2.75. The van der Waals surface area contributed by atoms with Gasteiger partial charge in [-0.2, -0.15) is 0 Å². The fourth-order valence-corrected chi connectivity index (χ4v) is 4.47. The van der Waals surface area contributed by atoms with E-state index in [0.717, 1.165) is 27.0 Å². The summed E-state index contributed by atoms with van der Waals surface area (Å²) in [6, 6.07) is 11.3. The van der Waals surface area contributed by atoms with E-state index in [1.165, 1.54) is 4.90 Å². The highest BCUT2D eigenvalue weighted by Crippen LogP contribution is 2.25. The van der Waals surface area contributed by atoms with Crippen LogP contribution in [0.4, 0.5) is 5.69 Å². The summed E-state index contributed by atoms with van der Waals surface area (Å²) in [5.74, 6) is -0.831. The van der Waals surface area contributed by atoms with Crippen LogP contribution in [0.5, 0.6) is 0 Å². The Bertz CT molecular complexity index is 1110. The number of sulfonamides is 1. The second-order valence-corrected chi connectivity index (χ2v) is 11.0. The normalized spacial score (nSPS) is 12.2. The van der Waals surface area contributed by atoms with E-state index < -0.39 is 28.5 Å². The Morgan fingerprint density at radius 2 is 1.85 bits per heavy atom. The molecule has 0 aliphatic heterocycles. The highest BCUT2D eigenvalue weighted by molar-refractivity contribution is 9.10. The van der Waals surface area contributed by atoms with E-state index >= 15 is 0 Å². The summed E-state index contributed by atoms with van der Waals surface area (Å²) in [5.41, 5.74) is 1.86. The second kappa shape index (κ2) is 11.9. The minimum absolute atomic E-state index is 0.0657. The summed E-state index contributed by atoms with van der Waals surface area (Å²) in [5, 5.41) is 3.25. The fourth-order valence-electron chi connectivity index (χ4n) is 3.19. The van der Waals surface area contributed by atoms with Gasteiger partial charge < -0.3 is 10.2 Å². The molecule has 0 bridgehead atoms. The Morgan fingerprint density at radius 1 is 1.18 bits per heavy atom. The molecule has 2 amide bonds. The van der Waals surface area contributed by atoms with Gasteiger partial charge in [-0.25, -0.2) is 8.42 Å². The van der Waals surface area contributed by atoms with Gasteiger partial charge in [0.1, 0.15) is 12.6 Å². The number of aryl methyl sites for hydroxylation is 1. The van der Waals surface area contributed by atoms with E-state index in [1.807, 2.05) is 13.8 Å². The molecule has 0 saturated heterocycles. The Labute approximate surface area is 209 Å². The number of nitrogens with one attached hydrogen (secondary N) is 1. The third kappa shape index (κ3) is 7.45. The van der Waals surface area contributed by atoms with Crippen LogP contribution in [0.3, 0.4) is 0 Å². The van der Waals surface area contributed by atoms with Crippen molar-refractivity contribution in [2.45, 2.75) is 39.8 Å². The number of carbonyl (C=O) groups excluding carboxylic acids is 2. The predicted molar refractivity (Wildman–Crippen MR) is 136 cm³/mol. The van der Waals surface area contributed by atoms with Crippen molar-refractivity contribution in [3.8, 4) is 0 Å². The molecule has 1 atom stereocenters. The van der Waals surface area contributed by atoms with Gasteiger partial charge in [0.05, 0.1) is 11.9 Å². The van der Waals surface area contributed by atoms with E-state index in [4.69, 9.17) is 11.6 Å². The number of hydrogen-bond acceptors (Lipinski definition) is 4. The summed E-state index contributed by atoms with van der Waals surface area (Å²) in [7, 11) is -3.77. The molecule has 0 aliphatic rings. The molecule has 0 spiro atoms. The van der Waals surface area contributed by atoms with Crippen LogP contribution in [0.15, 0.2) is 46.9 Å². The molecule has 2 aromatic rings. The molecule has 1 N–H and O–H groups in total. The van der Waals surface area contributed by atoms with Crippen LogP contribution in [-0.2, 0) is 26.2 Å². The maximum absolute atomic E-state index is 13.4. The highest BCUT2D eigenvalue weighted by atomic mass is 79.9. The molecule has 1 unspecified atom stereocenters. The van der Waals surface area contributed by atoms with Gasteiger partial charge in [-0.05, 0) is 55.7 Å². The zero-order valence-corrected chi connectivity index (χ0v) is 22.3. The van der Waals surface area contributed by atoms with Crippen molar-refractivity contribution in [2.24, 2.45) is 0 Å². The lowest BCUT2D eigenvalue weighted by atomic mass is 10.1. The fraction of sp³-hybridized carbons (Fsp3) is 0.391. The van der Waals surface area contributed by atoms with Crippen LogP contribution in [0.25, 0.3) is 0 Å². The predicted octanol–water partition coefficient (Wildman–Crippen LogP) is 4.12. The maximum atomic E-state index is 13.4. The zero-order chi connectivity index (χ0) is 24.8. The molecule has 2 aromatic carbocycles. The van der Waals surface area contributed by atoms with Gasteiger partial charge in [0, 0.05) is 22.6 Å². The Hall–Kier alpha value is -2.10. The molecule has 0 fully saturated rings. The minimum atomic E-state index is -3.77. The molecular weight excluding hydrogens is 530 g/mol. The van der Waals surface area contributed by atoms with Crippen LogP contribution in [-0.4, -0.2) is 50.5 Å². The minimum Gasteiger partial charge on any atom is -0.354 e. The quantitative estimate of drug-likeness (QED) is 0.475. The standard InChI is InChI=1S/C23H29BrClN3O4S/c1-5-12-26-23(30)17(3)27(14-18-8-6-7-9-21(18)25)22(29)15-28(33(4,31)32)19-10-11-20(24)16(2)13-19/h6-11,13,17H,5,12,14-15H2,1-4H3,(H,26,30). The third-order valence-electron chi connectivity index (χ3n) is 5.12. The number of benzene rings is 2. The van der Waals surface area contributed by atoms with Crippen molar-refractivity contribution in [3.05, 3.63) is 63.1 Å². The lowest BCUT2D eigenvalue weighted by Crippen LogP contribution is -2.51. The van der Waals surface area contributed by atoms with E-state index in [2.05, 4.69) is 21.2 Å². The largest absolute Gasteiger partial charge is 0.354 e. The first kappa shape index (κ1) is 27.1. The first-order valence-corrected chi connectivity index (χ1v) is 13.5. The van der Waals surface area contributed by atoms with Gasteiger partial charge in [0.25, 0.3) is 0 Å². The summed E-state index contributed by atoms with van der Waals surface area (Å²) in [4.78, 5) is 27.5. The molecule has 0 aromatic heterocycles. The molecule has 0 saturated carbocycles. The van der Waals surface area contributed by atoms with Crippen molar-refractivity contribution in [1.29, 1.82) is 0 Å². The number of hydrogen-bond donors (Lipinski definition) is 1. The Balaban J connectivity index is 2.40. The molecule has 0 heterocycles. The number of carbonyl (C=O) groups is 2. The molecule has 2 rings (SSSR count). The lowest BCUT2D eigenvalue weighted by molar-refractivity contribution is -0.139. The van der Waals surface area contributed by atoms with Crippen molar-refractivity contribution in [1.82, 2.24) is 10.2 Å². The average molecular weight is 559 g/mol. The molecule has 0 aliphatic carbocycles. The van der Waals surface area contributed by atoms with Crippen molar-refractivity contribution in [2.75, 3.05) is 23.7 Å². The summed E-state index contributed by atoms with van der Waals surface area (Å²) in [6.07, 6.45) is 1.80. The first-order chi connectivity index (χ1) is 15.5. The summed E-state index contributed by atoms with van der Waals surface area (Å²) in [6.45, 7) is 5.48. The van der Waals surface area contributed by atoms with E-state index in [-0.39, 0.29) is 12.5 Å². The monoisotopic (exact) mass is 557 g/mol. The van der Waals surface area contributed by atoms with E-state index in [9.17, 15) is 18.0 Å². The smallest absolute Gasteiger partial charge is 0.244 e. The van der Waals surface area contributed by atoms with Crippen LogP contribution in [0, 0.1) is 6.92 Å². The van der Waals surface area contributed by atoms with Crippen molar-refractivity contribution >= 4 is 55.1 Å². The third-order valence-corrected chi connectivity index (χ3v) is 7.52. The van der Waals surface area contributed by atoms with Gasteiger partial charge >= 0.3 is 0 Å². The van der Waals surface area contributed by atoms with Gasteiger partial charge in [-0.3, -0.25) is 13.9 Å². The number of nitrogens with zero attached hydrogens (tertiary/aromatic N) is 2. The number of rotatable bonds is 10. The molecule has 0 radical (unpaired) electrons. The second-order valence-electron chi connectivity index (χ2n) is 7.78. The topological polar surface area (TPSA) is 86.8 Å².